The zero-order valence-electron chi connectivity index (χ0n) is 23.0. The van der Waals surface area contributed by atoms with Crippen molar-refractivity contribution in [2.75, 3.05) is 24.9 Å². The summed E-state index contributed by atoms with van der Waals surface area (Å²) in [4.78, 5) is 28.7. The van der Waals surface area contributed by atoms with Crippen LogP contribution < -0.4 is 9.62 Å². The molecule has 0 heterocycles. The molecule has 0 radical (unpaired) electrons. The number of hydrogen-bond acceptors (Lipinski definition) is 4. The molecule has 0 aliphatic heterocycles. The second kappa shape index (κ2) is 12.3. The second-order valence-electron chi connectivity index (χ2n) is 10.4. The molecule has 1 unspecified atom stereocenters. The lowest BCUT2D eigenvalue weighted by atomic mass is 10.1. The number of halogens is 1. The number of aryl methyl sites for hydroxylation is 2. The molecule has 204 valence electrons. The van der Waals surface area contributed by atoms with Gasteiger partial charge in [-0.05, 0) is 69.9 Å². The van der Waals surface area contributed by atoms with Gasteiger partial charge in [0.05, 0.1) is 5.69 Å². The molecule has 2 aromatic carbocycles. The van der Waals surface area contributed by atoms with Crippen LogP contribution in [0.4, 0.5) is 5.69 Å². The predicted octanol–water partition coefficient (Wildman–Crippen LogP) is 4.29. The van der Waals surface area contributed by atoms with E-state index >= 15 is 0 Å². The molecule has 2 rings (SSSR count). The Morgan fingerprint density at radius 1 is 1.05 bits per heavy atom. The molecule has 0 bridgehead atoms. The first-order valence-electron chi connectivity index (χ1n) is 12.2. The van der Waals surface area contributed by atoms with Crippen molar-refractivity contribution >= 4 is 39.3 Å². The minimum Gasteiger partial charge on any atom is -0.350 e. The van der Waals surface area contributed by atoms with Gasteiger partial charge in [-0.2, -0.15) is 12.7 Å². The molecule has 1 atom stereocenters. The third-order valence-corrected chi connectivity index (χ3v) is 8.01. The third-order valence-electron chi connectivity index (χ3n) is 5.83. The van der Waals surface area contributed by atoms with Gasteiger partial charge in [0.15, 0.2) is 0 Å². The summed E-state index contributed by atoms with van der Waals surface area (Å²) in [5, 5.41) is 3.41. The number of carbonyl (C=O) groups is 2. The highest BCUT2D eigenvalue weighted by molar-refractivity contribution is 7.90. The molecule has 0 aromatic heterocycles. The Labute approximate surface area is 226 Å². The normalized spacial score (nSPS) is 12.8. The molecule has 0 aliphatic carbocycles. The Bertz CT molecular complexity index is 1230. The Balaban J connectivity index is 2.59. The van der Waals surface area contributed by atoms with Gasteiger partial charge in [0, 0.05) is 31.2 Å². The van der Waals surface area contributed by atoms with Crippen LogP contribution in [0.15, 0.2) is 42.5 Å². The molecule has 2 aromatic rings. The molecule has 0 saturated carbocycles. The highest BCUT2D eigenvalue weighted by Gasteiger charge is 2.35. The van der Waals surface area contributed by atoms with Gasteiger partial charge < -0.3 is 10.2 Å². The Kier molecular flexibility index (Phi) is 10.2. The van der Waals surface area contributed by atoms with Gasteiger partial charge in [-0.3, -0.25) is 9.59 Å². The molecular formula is C27H39ClN4O4S. The van der Waals surface area contributed by atoms with Crippen LogP contribution >= 0.6 is 11.6 Å². The van der Waals surface area contributed by atoms with E-state index in [4.69, 9.17) is 11.6 Å². The average molecular weight is 551 g/mol. The quantitative estimate of drug-likeness (QED) is 0.478. The van der Waals surface area contributed by atoms with Crippen LogP contribution in [0.5, 0.6) is 0 Å². The van der Waals surface area contributed by atoms with Crippen molar-refractivity contribution in [2.45, 2.75) is 66.1 Å². The van der Waals surface area contributed by atoms with Gasteiger partial charge >= 0.3 is 10.2 Å². The van der Waals surface area contributed by atoms with Crippen molar-refractivity contribution in [2.24, 2.45) is 0 Å². The SMILES string of the molecule is CCC(C(=O)NC(C)(C)C)N(Cc1ccccc1Cl)C(=O)CN(c1cc(C)ccc1C)S(=O)(=O)N(C)C. The lowest BCUT2D eigenvalue weighted by molar-refractivity contribution is -0.141. The van der Waals surface area contributed by atoms with Crippen LogP contribution in [0.1, 0.15) is 50.8 Å². The number of carbonyl (C=O) groups excluding carboxylic acids is 2. The van der Waals surface area contributed by atoms with E-state index in [-0.39, 0.29) is 12.5 Å². The molecule has 37 heavy (non-hydrogen) atoms. The molecule has 0 spiro atoms. The maximum atomic E-state index is 14.0. The van der Waals surface area contributed by atoms with Crippen molar-refractivity contribution in [1.29, 1.82) is 0 Å². The van der Waals surface area contributed by atoms with Crippen LogP contribution in [-0.4, -0.2) is 61.7 Å². The van der Waals surface area contributed by atoms with E-state index in [0.717, 1.165) is 14.2 Å². The number of anilines is 1. The standard InChI is InChI=1S/C27H39ClN4O4S/c1-9-23(26(34)29-27(4,5)6)31(17-21-12-10-11-13-22(21)28)25(33)18-32(37(35,36)30(7)8)24-16-19(2)14-15-20(24)3/h10-16,23H,9,17-18H2,1-8H3,(H,29,34). The van der Waals surface area contributed by atoms with Crippen LogP contribution in [0.2, 0.25) is 5.02 Å². The van der Waals surface area contributed by atoms with Gasteiger partial charge in [-0.1, -0.05) is 48.9 Å². The highest BCUT2D eigenvalue weighted by Crippen LogP contribution is 2.27. The average Bonchev–Trinajstić information content (AvgIpc) is 2.78. The van der Waals surface area contributed by atoms with Crippen LogP contribution in [0, 0.1) is 13.8 Å². The largest absolute Gasteiger partial charge is 0.350 e. The fourth-order valence-corrected chi connectivity index (χ4v) is 5.18. The summed E-state index contributed by atoms with van der Waals surface area (Å²) >= 11 is 6.41. The van der Waals surface area contributed by atoms with E-state index in [1.807, 2.05) is 46.8 Å². The monoisotopic (exact) mass is 550 g/mol. The molecule has 0 saturated heterocycles. The van der Waals surface area contributed by atoms with Gasteiger partial charge in [0.25, 0.3) is 0 Å². The number of rotatable bonds is 10. The van der Waals surface area contributed by atoms with Crippen LogP contribution in [-0.2, 0) is 26.3 Å². The summed E-state index contributed by atoms with van der Waals surface area (Å²) < 4.78 is 29.0. The minimum atomic E-state index is -4.03. The van der Waals surface area contributed by atoms with E-state index in [9.17, 15) is 18.0 Å². The molecule has 2 amide bonds. The lowest BCUT2D eigenvalue weighted by Crippen LogP contribution is -2.55. The van der Waals surface area contributed by atoms with E-state index in [0.29, 0.717) is 28.3 Å². The Morgan fingerprint density at radius 3 is 2.22 bits per heavy atom. The molecular weight excluding hydrogens is 512 g/mol. The van der Waals surface area contributed by atoms with Gasteiger partial charge in [-0.25, -0.2) is 4.31 Å². The van der Waals surface area contributed by atoms with Crippen molar-refractivity contribution < 1.29 is 18.0 Å². The molecule has 1 N–H and O–H groups in total. The Morgan fingerprint density at radius 2 is 1.68 bits per heavy atom. The number of benzene rings is 2. The predicted molar refractivity (Wildman–Crippen MR) is 150 cm³/mol. The first-order valence-corrected chi connectivity index (χ1v) is 14.0. The van der Waals surface area contributed by atoms with E-state index < -0.39 is 34.2 Å². The smallest absolute Gasteiger partial charge is 0.304 e. The molecule has 8 nitrogen and oxygen atoms in total. The number of hydrogen-bond donors (Lipinski definition) is 1. The van der Waals surface area contributed by atoms with Crippen molar-refractivity contribution in [3.05, 3.63) is 64.2 Å². The first-order chi connectivity index (χ1) is 17.1. The Hall–Kier alpha value is -2.62. The summed E-state index contributed by atoms with van der Waals surface area (Å²) in [7, 11) is -1.19. The van der Waals surface area contributed by atoms with Crippen molar-refractivity contribution in [3.63, 3.8) is 0 Å². The van der Waals surface area contributed by atoms with E-state index in [1.165, 1.54) is 19.0 Å². The maximum absolute atomic E-state index is 14.0. The van der Waals surface area contributed by atoms with E-state index in [1.54, 1.807) is 37.3 Å². The van der Waals surface area contributed by atoms with Gasteiger partial charge in [0.1, 0.15) is 12.6 Å². The number of nitrogens with zero attached hydrogens (tertiary/aromatic N) is 3. The topological polar surface area (TPSA) is 90.0 Å². The second-order valence-corrected chi connectivity index (χ2v) is 12.8. The third kappa shape index (κ3) is 7.93. The van der Waals surface area contributed by atoms with Gasteiger partial charge in [0.2, 0.25) is 11.8 Å². The number of nitrogens with one attached hydrogen (secondary N) is 1. The highest BCUT2D eigenvalue weighted by atomic mass is 35.5. The maximum Gasteiger partial charge on any atom is 0.304 e. The van der Waals surface area contributed by atoms with E-state index in [2.05, 4.69) is 5.32 Å². The first kappa shape index (κ1) is 30.6. The van der Waals surface area contributed by atoms with Crippen LogP contribution in [0.25, 0.3) is 0 Å². The van der Waals surface area contributed by atoms with Crippen molar-refractivity contribution in [1.82, 2.24) is 14.5 Å². The lowest BCUT2D eigenvalue weighted by Gasteiger charge is -2.35. The summed E-state index contributed by atoms with van der Waals surface area (Å²) in [6, 6.07) is 11.7. The summed E-state index contributed by atoms with van der Waals surface area (Å²) in [5.74, 6) is -0.827. The van der Waals surface area contributed by atoms with Crippen molar-refractivity contribution in [3.8, 4) is 0 Å². The summed E-state index contributed by atoms with van der Waals surface area (Å²) in [6.45, 7) is 10.6. The minimum absolute atomic E-state index is 0.0528. The molecule has 10 heteroatoms. The fraction of sp³-hybridized carbons (Fsp3) is 0.481. The summed E-state index contributed by atoms with van der Waals surface area (Å²) in [6.07, 6.45) is 0.335. The molecule has 0 fully saturated rings. The molecule has 0 aliphatic rings. The fourth-order valence-electron chi connectivity index (χ4n) is 3.87. The van der Waals surface area contributed by atoms with Gasteiger partial charge in [-0.15, -0.1) is 0 Å². The summed E-state index contributed by atoms with van der Waals surface area (Å²) in [5.41, 5.74) is 2.12. The zero-order chi connectivity index (χ0) is 28.1. The van der Waals surface area contributed by atoms with Crippen LogP contribution in [0.3, 0.4) is 0 Å². The number of amides is 2. The zero-order valence-corrected chi connectivity index (χ0v) is 24.6.